The van der Waals surface area contributed by atoms with Crippen LogP contribution in [0.1, 0.15) is 33.6 Å². The van der Waals surface area contributed by atoms with Crippen LogP contribution in [0, 0.1) is 0 Å². The van der Waals surface area contributed by atoms with Crippen LogP contribution in [0.3, 0.4) is 0 Å². The number of amides is 1. The number of likely N-dealkylation sites (N-methyl/N-ethyl adjacent to an activating group) is 1. The van der Waals surface area contributed by atoms with Crippen molar-refractivity contribution in [3.8, 4) is 0 Å². The summed E-state index contributed by atoms with van der Waals surface area (Å²) in [4.78, 5) is 25.3. The highest BCUT2D eigenvalue weighted by Crippen LogP contribution is 2.36. The van der Waals surface area contributed by atoms with Crippen LogP contribution in [0.15, 0.2) is 0 Å². The lowest BCUT2D eigenvalue weighted by molar-refractivity contribution is -0.142. The number of hydrogen-bond acceptors (Lipinski definition) is 4. The minimum Gasteiger partial charge on any atom is -0.318 e. The average Bonchev–Trinajstić information content (AvgIpc) is 2.77. The van der Waals surface area contributed by atoms with Gasteiger partial charge < -0.3 is 10.2 Å². The van der Waals surface area contributed by atoms with Gasteiger partial charge in [0.15, 0.2) is 5.78 Å². The first kappa shape index (κ1) is 14.5. The second-order valence-electron chi connectivity index (χ2n) is 4.08. The molecule has 2 heterocycles. The molecule has 2 rings (SSSR count). The fourth-order valence-electron chi connectivity index (χ4n) is 2.28. The van der Waals surface area contributed by atoms with Crippen molar-refractivity contribution in [2.75, 3.05) is 12.8 Å². The maximum atomic E-state index is 12.1. The highest BCUT2D eigenvalue weighted by molar-refractivity contribution is 8.00. The number of piperidine rings is 1. The molecular weight excluding hydrogens is 236 g/mol. The average molecular weight is 258 g/mol. The van der Waals surface area contributed by atoms with Gasteiger partial charge in [-0.15, -0.1) is 11.8 Å². The van der Waals surface area contributed by atoms with E-state index in [1.807, 2.05) is 13.8 Å². The Morgan fingerprint density at radius 3 is 2.59 bits per heavy atom. The standard InChI is InChI=1S/C10H16N2O2S.C2H6/c1-6(13)8-5-15-9-4-3-7(11-2)10(14)12(8)9;1-2/h7-9,11H,3-5H2,1-2H3;1-2H3/t7-,8-,9?;/m1./s1. The summed E-state index contributed by atoms with van der Waals surface area (Å²) < 4.78 is 0. The largest absolute Gasteiger partial charge is 0.318 e. The topological polar surface area (TPSA) is 49.4 Å². The molecule has 1 amide bonds. The van der Waals surface area contributed by atoms with Crippen LogP contribution in [0.4, 0.5) is 0 Å². The van der Waals surface area contributed by atoms with Crippen molar-refractivity contribution < 1.29 is 9.59 Å². The van der Waals surface area contributed by atoms with E-state index in [1.54, 1.807) is 30.6 Å². The Labute approximate surface area is 108 Å². The van der Waals surface area contributed by atoms with Crippen LogP contribution < -0.4 is 5.32 Å². The summed E-state index contributed by atoms with van der Waals surface area (Å²) in [5.41, 5.74) is 0. The summed E-state index contributed by atoms with van der Waals surface area (Å²) >= 11 is 1.74. The fourth-order valence-corrected chi connectivity index (χ4v) is 3.79. The van der Waals surface area contributed by atoms with Crippen LogP contribution in [-0.2, 0) is 9.59 Å². The van der Waals surface area contributed by atoms with Gasteiger partial charge in [0.05, 0.1) is 11.4 Å². The maximum Gasteiger partial charge on any atom is 0.241 e. The Kier molecular flexibility index (Phi) is 5.46. The van der Waals surface area contributed by atoms with E-state index in [1.165, 1.54) is 0 Å². The van der Waals surface area contributed by atoms with Crippen LogP contribution in [0.2, 0.25) is 0 Å². The lowest BCUT2D eigenvalue weighted by Gasteiger charge is -2.36. The van der Waals surface area contributed by atoms with Gasteiger partial charge in [0.1, 0.15) is 6.04 Å². The number of ketones is 1. The van der Waals surface area contributed by atoms with Gasteiger partial charge in [-0.2, -0.15) is 0 Å². The van der Waals surface area contributed by atoms with E-state index < -0.39 is 0 Å². The molecule has 3 atom stereocenters. The Morgan fingerprint density at radius 2 is 2.06 bits per heavy atom. The third-order valence-corrected chi connectivity index (χ3v) is 4.52. The van der Waals surface area contributed by atoms with Crippen molar-refractivity contribution in [1.29, 1.82) is 0 Å². The third kappa shape index (κ3) is 2.83. The van der Waals surface area contributed by atoms with E-state index in [-0.39, 0.29) is 29.1 Å². The summed E-state index contributed by atoms with van der Waals surface area (Å²) in [6, 6.07) is -0.287. The van der Waals surface area contributed by atoms with Crippen LogP contribution in [-0.4, -0.2) is 46.8 Å². The number of nitrogens with one attached hydrogen (secondary N) is 1. The van der Waals surface area contributed by atoms with E-state index in [9.17, 15) is 9.59 Å². The van der Waals surface area contributed by atoms with Gasteiger partial charge in [-0.05, 0) is 26.8 Å². The van der Waals surface area contributed by atoms with Gasteiger partial charge in [-0.1, -0.05) is 13.8 Å². The lowest BCUT2D eigenvalue weighted by Crippen LogP contribution is -2.55. The number of carbonyl (C=O) groups excluding carboxylic acids is 2. The van der Waals surface area contributed by atoms with Crippen LogP contribution in [0.25, 0.3) is 0 Å². The Hall–Kier alpha value is -0.550. The van der Waals surface area contributed by atoms with E-state index in [4.69, 9.17) is 0 Å². The minimum absolute atomic E-state index is 0.0956. The van der Waals surface area contributed by atoms with Gasteiger partial charge >= 0.3 is 0 Å². The summed E-state index contributed by atoms with van der Waals surface area (Å²) in [5.74, 6) is 0.969. The number of thioether (sulfide) groups is 1. The first-order valence-electron chi connectivity index (χ1n) is 6.26. The van der Waals surface area contributed by atoms with Gasteiger partial charge in [0.25, 0.3) is 0 Å². The molecule has 5 heteroatoms. The molecule has 2 saturated heterocycles. The zero-order valence-electron chi connectivity index (χ0n) is 11.0. The van der Waals surface area contributed by atoms with E-state index in [0.717, 1.165) is 18.6 Å². The Bertz CT molecular complexity index is 296. The SMILES string of the molecule is CC.CN[C@@H]1CCC2SC[C@H](C(C)=O)N2C1=O. The number of rotatable bonds is 2. The van der Waals surface area contributed by atoms with Crippen molar-refractivity contribution in [2.45, 2.75) is 51.1 Å². The molecule has 1 N–H and O–H groups in total. The highest BCUT2D eigenvalue weighted by atomic mass is 32.2. The third-order valence-electron chi connectivity index (χ3n) is 3.17. The molecule has 2 fully saturated rings. The second-order valence-corrected chi connectivity index (χ2v) is 5.29. The summed E-state index contributed by atoms with van der Waals surface area (Å²) in [6.45, 7) is 5.57. The second kappa shape index (κ2) is 6.40. The molecule has 2 aliphatic rings. The number of fused-ring (bicyclic) bond motifs is 1. The number of carbonyl (C=O) groups is 2. The molecular formula is C12H22N2O2S. The lowest BCUT2D eigenvalue weighted by atomic mass is 10.0. The van der Waals surface area contributed by atoms with Crippen molar-refractivity contribution in [3.05, 3.63) is 0 Å². The Balaban J connectivity index is 0.000000686. The van der Waals surface area contributed by atoms with Crippen LogP contribution in [0.5, 0.6) is 0 Å². The molecule has 2 aliphatic heterocycles. The van der Waals surface area contributed by atoms with Crippen molar-refractivity contribution in [2.24, 2.45) is 0 Å². The minimum atomic E-state index is -0.191. The Morgan fingerprint density at radius 1 is 1.41 bits per heavy atom. The summed E-state index contributed by atoms with van der Waals surface area (Å²) in [6.07, 6.45) is 1.87. The quantitative estimate of drug-likeness (QED) is 0.810. The van der Waals surface area contributed by atoms with Gasteiger partial charge in [0.2, 0.25) is 5.91 Å². The molecule has 0 aromatic rings. The van der Waals surface area contributed by atoms with E-state index in [0.29, 0.717) is 0 Å². The molecule has 0 spiro atoms. The first-order chi connectivity index (χ1) is 8.15. The molecule has 98 valence electrons. The molecule has 0 aliphatic carbocycles. The van der Waals surface area contributed by atoms with Crippen LogP contribution >= 0.6 is 11.8 Å². The van der Waals surface area contributed by atoms with Crippen molar-refractivity contribution in [3.63, 3.8) is 0 Å². The molecule has 4 nitrogen and oxygen atoms in total. The van der Waals surface area contributed by atoms with E-state index >= 15 is 0 Å². The molecule has 0 saturated carbocycles. The fraction of sp³-hybridized carbons (Fsp3) is 0.833. The zero-order valence-corrected chi connectivity index (χ0v) is 11.8. The molecule has 0 aromatic heterocycles. The van der Waals surface area contributed by atoms with E-state index in [2.05, 4.69) is 5.32 Å². The van der Waals surface area contributed by atoms with Gasteiger partial charge in [-0.25, -0.2) is 0 Å². The van der Waals surface area contributed by atoms with Crippen molar-refractivity contribution in [1.82, 2.24) is 10.2 Å². The monoisotopic (exact) mass is 258 g/mol. The summed E-state index contributed by atoms with van der Waals surface area (Å²) in [7, 11) is 1.80. The predicted molar refractivity (Wildman–Crippen MR) is 71.0 cm³/mol. The maximum absolute atomic E-state index is 12.1. The smallest absolute Gasteiger partial charge is 0.241 e. The molecule has 17 heavy (non-hydrogen) atoms. The zero-order chi connectivity index (χ0) is 13.0. The normalized spacial score (nSPS) is 31.6. The molecule has 1 unspecified atom stereocenters. The summed E-state index contributed by atoms with van der Waals surface area (Å²) in [5, 5.41) is 3.25. The number of Topliss-reactive ketones (excluding diaryl/α,β-unsaturated/α-hetero) is 1. The first-order valence-corrected chi connectivity index (χ1v) is 7.31. The number of hydrogen-bond donors (Lipinski definition) is 1. The molecule has 0 bridgehead atoms. The van der Waals surface area contributed by atoms with Gasteiger partial charge in [-0.3, -0.25) is 9.59 Å². The predicted octanol–water partition coefficient (Wildman–Crippen LogP) is 1.25. The van der Waals surface area contributed by atoms with Crippen molar-refractivity contribution >= 4 is 23.5 Å². The molecule has 0 radical (unpaired) electrons. The number of nitrogens with zero attached hydrogens (tertiary/aromatic N) is 1. The highest BCUT2D eigenvalue weighted by Gasteiger charge is 2.44. The van der Waals surface area contributed by atoms with Gasteiger partial charge in [0, 0.05) is 5.75 Å². The molecule has 0 aromatic carbocycles.